The Labute approximate surface area is 213 Å². The second-order valence-corrected chi connectivity index (χ2v) is 9.04. The Morgan fingerprint density at radius 1 is 1.14 bits per heavy atom. The smallest absolute Gasteiger partial charge is 0.341 e. The van der Waals surface area contributed by atoms with E-state index in [1.807, 2.05) is 23.6 Å². The van der Waals surface area contributed by atoms with Crippen molar-refractivity contribution < 1.29 is 14.6 Å². The van der Waals surface area contributed by atoms with Gasteiger partial charge in [0, 0.05) is 24.3 Å². The Hall–Kier alpha value is -3.63. The van der Waals surface area contributed by atoms with Crippen LogP contribution >= 0.6 is 0 Å². The number of hydrogen-bond donors (Lipinski definition) is 1. The summed E-state index contributed by atoms with van der Waals surface area (Å²) >= 11 is 0. The molecule has 2 heterocycles. The quantitative estimate of drug-likeness (QED) is 0.345. The van der Waals surface area contributed by atoms with Crippen LogP contribution < -0.4 is 4.90 Å². The summed E-state index contributed by atoms with van der Waals surface area (Å²) in [7, 11) is 0. The molecule has 0 fully saturated rings. The first-order valence-electron chi connectivity index (χ1n) is 12.8. The van der Waals surface area contributed by atoms with Gasteiger partial charge < -0.3 is 19.3 Å². The molecule has 0 amide bonds. The van der Waals surface area contributed by atoms with Crippen molar-refractivity contribution in [2.45, 2.75) is 65.5 Å². The lowest BCUT2D eigenvalue weighted by atomic mass is 10.0. The number of aryl methyl sites for hydroxylation is 4. The number of carbonyl (C=O) groups is 1. The molecule has 3 aromatic rings. The number of nitrogens with zero attached hydrogens (tertiary/aromatic N) is 4. The van der Waals surface area contributed by atoms with Gasteiger partial charge in [-0.25, -0.2) is 9.78 Å². The van der Waals surface area contributed by atoms with E-state index >= 15 is 0 Å². The number of aliphatic hydroxyl groups excluding tert-OH is 1. The molecule has 1 atom stereocenters. The van der Waals surface area contributed by atoms with Crippen molar-refractivity contribution in [2.75, 3.05) is 18.1 Å². The zero-order valence-electron chi connectivity index (χ0n) is 21.3. The molecule has 1 aliphatic rings. The van der Waals surface area contributed by atoms with Gasteiger partial charge in [-0.2, -0.15) is 5.26 Å². The molecule has 1 N–H and O–H groups in total. The van der Waals surface area contributed by atoms with E-state index in [4.69, 9.17) is 9.72 Å². The predicted molar refractivity (Wildman–Crippen MR) is 139 cm³/mol. The van der Waals surface area contributed by atoms with Gasteiger partial charge in [-0.3, -0.25) is 0 Å². The van der Waals surface area contributed by atoms with E-state index in [1.54, 1.807) is 6.92 Å². The van der Waals surface area contributed by atoms with Crippen LogP contribution in [-0.2, 0) is 41.8 Å². The minimum atomic E-state index is -1.38. The molecule has 4 rings (SSSR count). The third-order valence-corrected chi connectivity index (χ3v) is 6.69. The van der Waals surface area contributed by atoms with Crippen molar-refractivity contribution in [3.05, 3.63) is 76.4 Å². The van der Waals surface area contributed by atoms with Crippen molar-refractivity contribution in [3.63, 3.8) is 0 Å². The number of benzene rings is 2. The minimum absolute atomic E-state index is 0.208. The van der Waals surface area contributed by atoms with Crippen LogP contribution in [0.5, 0.6) is 0 Å². The van der Waals surface area contributed by atoms with Gasteiger partial charge in [-0.1, -0.05) is 44.2 Å². The number of anilines is 2. The Morgan fingerprint density at radius 3 is 2.61 bits per heavy atom. The largest absolute Gasteiger partial charge is 0.464 e. The number of imidazole rings is 1. The highest BCUT2D eigenvalue weighted by molar-refractivity contribution is 5.76. The van der Waals surface area contributed by atoms with Gasteiger partial charge >= 0.3 is 5.97 Å². The summed E-state index contributed by atoms with van der Waals surface area (Å²) in [6.07, 6.45) is 2.65. The fourth-order valence-corrected chi connectivity index (χ4v) is 5.07. The van der Waals surface area contributed by atoms with Crippen LogP contribution in [0.3, 0.4) is 0 Å². The van der Waals surface area contributed by atoms with E-state index < -0.39 is 12.1 Å². The number of nitriles is 1. The van der Waals surface area contributed by atoms with Crippen molar-refractivity contribution in [1.29, 1.82) is 5.26 Å². The molecule has 1 unspecified atom stereocenters. The lowest BCUT2D eigenvalue weighted by Gasteiger charge is -2.24. The monoisotopic (exact) mass is 486 g/mol. The van der Waals surface area contributed by atoms with Gasteiger partial charge in [0.25, 0.3) is 0 Å². The maximum Gasteiger partial charge on any atom is 0.341 e. The molecule has 0 bridgehead atoms. The first-order valence-corrected chi connectivity index (χ1v) is 12.8. The molecule has 0 saturated carbocycles. The molecule has 36 heavy (non-hydrogen) atoms. The van der Waals surface area contributed by atoms with E-state index in [2.05, 4.69) is 48.2 Å². The highest BCUT2D eigenvalue weighted by atomic mass is 16.5. The summed E-state index contributed by atoms with van der Waals surface area (Å²) < 4.78 is 7.11. The maximum atomic E-state index is 12.5. The molecule has 7 nitrogen and oxygen atoms in total. The van der Waals surface area contributed by atoms with Gasteiger partial charge in [-0.15, -0.1) is 0 Å². The van der Waals surface area contributed by atoms with Crippen LogP contribution in [0.4, 0.5) is 11.4 Å². The van der Waals surface area contributed by atoms with Crippen molar-refractivity contribution >= 4 is 17.3 Å². The molecule has 1 aliphatic heterocycles. The second-order valence-electron chi connectivity index (χ2n) is 9.04. The molecule has 1 aromatic heterocycles. The predicted octanol–water partition coefficient (Wildman–Crippen LogP) is 4.80. The molecular formula is C29H34N4O3. The number of hydrogen-bond acceptors (Lipinski definition) is 6. The third-order valence-electron chi connectivity index (χ3n) is 6.69. The summed E-state index contributed by atoms with van der Waals surface area (Å²) in [6, 6.07) is 16.9. The summed E-state index contributed by atoms with van der Waals surface area (Å²) in [5.74, 6) is 0.212. The lowest BCUT2D eigenvalue weighted by Crippen LogP contribution is -2.21. The standard InChI is InChI=1S/C29H34N4O3/c1-4-9-26-31-23(5-2)27(28(34)29(35)36-6-3)33(26)19-20-12-15-25-22(18-20)14-13-21-10-7-8-11-24(21)32(25)17-16-30/h7-8,10-12,15,18,28,34H,4-6,9,13-14,17,19H2,1-3H3. The summed E-state index contributed by atoms with van der Waals surface area (Å²) in [4.78, 5) is 19.4. The average Bonchev–Trinajstić information content (AvgIpc) is 3.14. The topological polar surface area (TPSA) is 91.4 Å². The number of aromatic nitrogens is 2. The number of rotatable bonds is 9. The zero-order chi connectivity index (χ0) is 25.7. The zero-order valence-corrected chi connectivity index (χ0v) is 21.3. The highest BCUT2D eigenvalue weighted by Gasteiger charge is 2.29. The molecule has 0 spiro atoms. The molecule has 0 radical (unpaired) electrons. The van der Waals surface area contributed by atoms with Crippen molar-refractivity contribution in [2.24, 2.45) is 0 Å². The number of carbonyl (C=O) groups excluding carboxylic acids is 1. The fourth-order valence-electron chi connectivity index (χ4n) is 5.07. The number of ether oxygens (including phenoxy) is 1. The van der Waals surface area contributed by atoms with Gasteiger partial charge in [0.2, 0.25) is 0 Å². The van der Waals surface area contributed by atoms with Crippen LogP contribution in [0.25, 0.3) is 0 Å². The molecule has 0 aliphatic carbocycles. The number of esters is 1. The van der Waals surface area contributed by atoms with Gasteiger partial charge in [0.15, 0.2) is 6.10 Å². The van der Waals surface area contributed by atoms with Crippen LogP contribution in [0.1, 0.15) is 67.2 Å². The molecule has 7 heteroatoms. The summed E-state index contributed by atoms with van der Waals surface area (Å²) in [5.41, 5.74) is 6.85. The highest BCUT2D eigenvalue weighted by Crippen LogP contribution is 2.36. The average molecular weight is 487 g/mol. The SMILES string of the molecule is CCCc1nc(CC)c(C(O)C(=O)OCC)n1Cc1ccc2c(c1)CCc1ccccc1N2CC#N. The number of para-hydroxylation sites is 1. The first kappa shape index (κ1) is 25.5. The van der Waals surface area contributed by atoms with Crippen LogP contribution in [0, 0.1) is 11.3 Å². The molecule has 2 aromatic carbocycles. The Bertz CT molecular complexity index is 1270. The van der Waals surface area contributed by atoms with E-state index in [0.29, 0.717) is 18.7 Å². The van der Waals surface area contributed by atoms with E-state index in [1.165, 1.54) is 11.1 Å². The lowest BCUT2D eigenvalue weighted by molar-refractivity contribution is -0.153. The fraction of sp³-hybridized carbons (Fsp3) is 0.414. The molecular weight excluding hydrogens is 452 g/mol. The van der Waals surface area contributed by atoms with Crippen LogP contribution in [0.15, 0.2) is 42.5 Å². The van der Waals surface area contributed by atoms with E-state index in [9.17, 15) is 15.2 Å². The van der Waals surface area contributed by atoms with Gasteiger partial charge in [0.05, 0.1) is 24.1 Å². The van der Waals surface area contributed by atoms with Gasteiger partial charge in [-0.05, 0) is 61.4 Å². The van der Waals surface area contributed by atoms with Crippen molar-refractivity contribution in [1.82, 2.24) is 9.55 Å². The van der Waals surface area contributed by atoms with Gasteiger partial charge in [0.1, 0.15) is 12.4 Å². The normalized spacial score (nSPS) is 13.4. The number of fused-ring (bicyclic) bond motifs is 2. The second kappa shape index (κ2) is 11.4. The van der Waals surface area contributed by atoms with Crippen molar-refractivity contribution in [3.8, 4) is 6.07 Å². The summed E-state index contributed by atoms with van der Waals surface area (Å²) in [6.45, 7) is 6.78. The Kier molecular flexibility index (Phi) is 8.07. The van der Waals surface area contributed by atoms with E-state index in [-0.39, 0.29) is 13.2 Å². The maximum absolute atomic E-state index is 12.5. The first-order chi connectivity index (χ1) is 17.5. The molecule has 0 saturated heterocycles. The van der Waals surface area contributed by atoms with Crippen LogP contribution in [0.2, 0.25) is 0 Å². The Morgan fingerprint density at radius 2 is 1.89 bits per heavy atom. The molecule has 188 valence electrons. The Balaban J connectivity index is 1.74. The summed E-state index contributed by atoms with van der Waals surface area (Å²) in [5, 5.41) is 20.4. The minimum Gasteiger partial charge on any atom is -0.464 e. The van der Waals surface area contributed by atoms with Crippen LogP contribution in [-0.4, -0.2) is 33.8 Å². The number of aliphatic hydroxyl groups is 1. The van der Waals surface area contributed by atoms with E-state index in [0.717, 1.165) is 54.1 Å². The third kappa shape index (κ3) is 5.00.